The van der Waals surface area contributed by atoms with Gasteiger partial charge in [-0.1, -0.05) is 41.1 Å². The highest BCUT2D eigenvalue weighted by atomic mass is 79.9. The number of amides is 1. The number of halogens is 2. The van der Waals surface area contributed by atoms with Crippen LogP contribution in [0.3, 0.4) is 0 Å². The summed E-state index contributed by atoms with van der Waals surface area (Å²) in [4.78, 5) is 12.2. The molecule has 2 aromatic carbocycles. The van der Waals surface area contributed by atoms with E-state index in [4.69, 9.17) is 17.0 Å². The Hall–Kier alpha value is -1.79. The number of hydrogen-bond acceptors (Lipinski definition) is 3. The molecule has 0 atom stereocenters. The summed E-state index contributed by atoms with van der Waals surface area (Å²) >= 11 is 8.50. The smallest absolute Gasteiger partial charge is 0.255 e. The molecule has 0 aliphatic heterocycles. The fraction of sp³-hybridized carbons (Fsp3) is 0.222. The minimum absolute atomic E-state index is 0.111. The third-order valence-corrected chi connectivity index (χ3v) is 4.22. The number of carbonyl (C=O) groups excluding carboxylic acids is 1. The first-order valence-corrected chi connectivity index (χ1v) is 8.71. The van der Waals surface area contributed by atoms with Crippen molar-refractivity contribution < 1.29 is 13.9 Å². The van der Waals surface area contributed by atoms with Crippen molar-refractivity contribution >= 4 is 44.8 Å². The van der Waals surface area contributed by atoms with Crippen LogP contribution in [0.25, 0.3) is 0 Å². The monoisotopic (exact) mass is 409 g/mol. The van der Waals surface area contributed by atoms with E-state index in [-0.39, 0.29) is 11.6 Å². The Morgan fingerprint density at radius 1 is 1.29 bits per heavy atom. The second kappa shape index (κ2) is 8.89. The number of thiocarbonyl (C=S) groups is 1. The highest BCUT2D eigenvalue weighted by Crippen LogP contribution is 2.26. The van der Waals surface area contributed by atoms with Crippen LogP contribution in [0.5, 0.6) is 0 Å². The quantitative estimate of drug-likeness (QED) is 0.671. The topological polar surface area (TPSA) is 38.3 Å². The number of hydrogen-bond donors (Lipinski definition) is 1. The third kappa shape index (κ3) is 5.11. The third-order valence-electron chi connectivity index (χ3n) is 3.22. The van der Waals surface area contributed by atoms with Gasteiger partial charge in [-0.3, -0.25) is 4.79 Å². The molecule has 0 fully saturated rings. The van der Waals surface area contributed by atoms with Crippen LogP contribution < -0.4 is 5.32 Å². The van der Waals surface area contributed by atoms with Crippen molar-refractivity contribution in [2.45, 2.75) is 19.8 Å². The molecule has 0 aliphatic rings. The summed E-state index contributed by atoms with van der Waals surface area (Å²) in [5.74, 6) is -0.886. The van der Waals surface area contributed by atoms with Crippen LogP contribution in [0.1, 0.15) is 29.3 Å². The van der Waals surface area contributed by atoms with Crippen molar-refractivity contribution in [2.24, 2.45) is 0 Å². The second-order valence-corrected chi connectivity index (χ2v) is 6.45. The number of nitrogens with one attached hydrogen (secondary N) is 1. The first-order chi connectivity index (χ1) is 11.5. The molecule has 0 spiro atoms. The number of carbonyl (C=O) groups is 1. The fourth-order valence-electron chi connectivity index (χ4n) is 2.03. The fourth-order valence-corrected chi connectivity index (χ4v) is 2.73. The zero-order chi connectivity index (χ0) is 17.5. The zero-order valence-electron chi connectivity index (χ0n) is 13.1. The van der Waals surface area contributed by atoms with E-state index >= 15 is 0 Å². The minimum Gasteiger partial charge on any atom is -0.487 e. The van der Waals surface area contributed by atoms with Crippen LogP contribution in [0.15, 0.2) is 46.9 Å². The highest BCUT2D eigenvalue weighted by Gasteiger charge is 2.13. The molecule has 1 amide bonds. The van der Waals surface area contributed by atoms with Crippen molar-refractivity contribution in [3.8, 4) is 0 Å². The molecule has 0 saturated carbocycles. The Kier molecular flexibility index (Phi) is 6.87. The van der Waals surface area contributed by atoms with Crippen molar-refractivity contribution in [1.29, 1.82) is 0 Å². The van der Waals surface area contributed by atoms with Crippen LogP contribution in [-0.4, -0.2) is 17.6 Å². The molecule has 24 heavy (non-hydrogen) atoms. The number of anilines is 1. The lowest BCUT2D eigenvalue weighted by atomic mass is 10.1. The van der Waals surface area contributed by atoms with Gasteiger partial charge in [-0.25, -0.2) is 4.39 Å². The summed E-state index contributed by atoms with van der Waals surface area (Å²) in [5, 5.41) is 3.03. The van der Waals surface area contributed by atoms with Crippen LogP contribution in [0.4, 0.5) is 10.1 Å². The van der Waals surface area contributed by atoms with E-state index in [9.17, 15) is 9.18 Å². The molecule has 6 heteroatoms. The van der Waals surface area contributed by atoms with Gasteiger partial charge in [-0.2, -0.15) is 0 Å². The van der Waals surface area contributed by atoms with Crippen molar-refractivity contribution in [1.82, 2.24) is 0 Å². The summed E-state index contributed by atoms with van der Waals surface area (Å²) in [6.07, 6.45) is 1.23. The van der Waals surface area contributed by atoms with Gasteiger partial charge in [0.1, 0.15) is 5.82 Å². The largest absolute Gasteiger partial charge is 0.487 e. The Morgan fingerprint density at radius 3 is 2.67 bits per heavy atom. The molecule has 2 aromatic rings. The predicted octanol–water partition coefficient (Wildman–Crippen LogP) is 5.14. The van der Waals surface area contributed by atoms with E-state index in [0.717, 1.165) is 12.0 Å². The second-order valence-electron chi connectivity index (χ2n) is 5.14. The minimum atomic E-state index is -0.518. The van der Waals surface area contributed by atoms with E-state index in [2.05, 4.69) is 21.2 Å². The molecule has 2 rings (SSSR count). The molecular weight excluding hydrogens is 393 g/mol. The molecule has 126 valence electrons. The molecular formula is C18H17BrFNO2S. The number of rotatable bonds is 6. The standard InChI is InChI=1S/C18H17BrFNO2S/c1-2-8-23-17(24)10-13-9-16(15(20)11-14(13)19)21-18(22)12-6-4-3-5-7-12/h3-7,9,11H,2,8,10H2,1H3,(H,21,22). The van der Waals surface area contributed by atoms with Gasteiger partial charge in [-0.05, 0) is 48.5 Å². The van der Waals surface area contributed by atoms with E-state index in [1.54, 1.807) is 30.3 Å². The van der Waals surface area contributed by atoms with Crippen molar-refractivity contribution in [3.63, 3.8) is 0 Å². The van der Waals surface area contributed by atoms with Gasteiger partial charge in [0.25, 0.3) is 5.91 Å². The lowest BCUT2D eigenvalue weighted by Crippen LogP contribution is -2.14. The molecule has 3 nitrogen and oxygen atoms in total. The molecule has 0 unspecified atom stereocenters. The maximum Gasteiger partial charge on any atom is 0.255 e. The van der Waals surface area contributed by atoms with E-state index in [0.29, 0.717) is 28.1 Å². The molecule has 0 aromatic heterocycles. The normalized spacial score (nSPS) is 10.3. The van der Waals surface area contributed by atoms with Gasteiger partial charge >= 0.3 is 0 Å². The van der Waals surface area contributed by atoms with Crippen molar-refractivity contribution in [2.75, 3.05) is 11.9 Å². The molecule has 0 saturated heterocycles. The summed E-state index contributed by atoms with van der Waals surface area (Å²) in [5.41, 5.74) is 1.32. The van der Waals surface area contributed by atoms with E-state index < -0.39 is 5.82 Å². The summed E-state index contributed by atoms with van der Waals surface area (Å²) in [6, 6.07) is 11.5. The Labute approximate surface area is 154 Å². The molecule has 0 bridgehead atoms. The van der Waals surface area contributed by atoms with Crippen LogP contribution >= 0.6 is 28.1 Å². The maximum absolute atomic E-state index is 14.1. The van der Waals surface area contributed by atoms with Crippen LogP contribution in [0.2, 0.25) is 0 Å². The lowest BCUT2D eigenvalue weighted by Gasteiger charge is -2.12. The average Bonchev–Trinajstić information content (AvgIpc) is 2.58. The maximum atomic E-state index is 14.1. The Balaban J connectivity index is 2.17. The summed E-state index contributed by atoms with van der Waals surface area (Å²) < 4.78 is 20.1. The first kappa shape index (κ1) is 18.5. The summed E-state index contributed by atoms with van der Waals surface area (Å²) in [7, 11) is 0. The number of benzene rings is 2. The highest BCUT2D eigenvalue weighted by molar-refractivity contribution is 9.10. The Morgan fingerprint density at radius 2 is 2.00 bits per heavy atom. The predicted molar refractivity (Wildman–Crippen MR) is 101 cm³/mol. The van der Waals surface area contributed by atoms with Gasteiger partial charge < -0.3 is 10.1 Å². The zero-order valence-corrected chi connectivity index (χ0v) is 15.5. The van der Waals surface area contributed by atoms with Crippen LogP contribution in [-0.2, 0) is 11.2 Å². The molecule has 1 N–H and O–H groups in total. The van der Waals surface area contributed by atoms with Gasteiger partial charge in [0.2, 0.25) is 0 Å². The lowest BCUT2D eigenvalue weighted by molar-refractivity contribution is 0.102. The SMILES string of the molecule is CCCOC(=S)Cc1cc(NC(=O)c2ccccc2)c(F)cc1Br. The van der Waals surface area contributed by atoms with Gasteiger partial charge in [0, 0.05) is 16.5 Å². The van der Waals surface area contributed by atoms with Crippen molar-refractivity contribution in [3.05, 3.63) is 63.9 Å². The number of ether oxygens (including phenoxy) is 1. The Bertz CT molecular complexity index is 737. The van der Waals surface area contributed by atoms with Gasteiger partial charge in [0.15, 0.2) is 5.05 Å². The van der Waals surface area contributed by atoms with Gasteiger partial charge in [0.05, 0.1) is 12.3 Å². The van der Waals surface area contributed by atoms with E-state index in [1.165, 1.54) is 6.07 Å². The van der Waals surface area contributed by atoms with Crippen LogP contribution in [0, 0.1) is 5.82 Å². The average molecular weight is 410 g/mol. The molecule has 0 radical (unpaired) electrons. The summed E-state index contributed by atoms with van der Waals surface area (Å²) in [6.45, 7) is 2.54. The van der Waals surface area contributed by atoms with E-state index in [1.807, 2.05) is 13.0 Å². The van der Waals surface area contributed by atoms with Gasteiger partial charge in [-0.15, -0.1) is 0 Å². The molecule has 0 aliphatic carbocycles. The molecule has 0 heterocycles. The first-order valence-electron chi connectivity index (χ1n) is 7.51.